The summed E-state index contributed by atoms with van der Waals surface area (Å²) in [5.74, 6) is 2.27. The zero-order valence-corrected chi connectivity index (χ0v) is 19.1. The highest BCUT2D eigenvalue weighted by Gasteiger charge is 2.15. The highest BCUT2D eigenvalue weighted by atomic mass is 16.5. The first-order valence-electron chi connectivity index (χ1n) is 11.4. The van der Waals surface area contributed by atoms with E-state index in [0.29, 0.717) is 31.6 Å². The monoisotopic (exact) mass is 438 g/mol. The zero-order chi connectivity index (χ0) is 22.6. The summed E-state index contributed by atoms with van der Waals surface area (Å²) in [6.07, 6.45) is 7.25. The molecule has 0 aliphatic carbocycles. The summed E-state index contributed by atoms with van der Waals surface area (Å²) in [4.78, 5) is 4.68. The summed E-state index contributed by atoms with van der Waals surface area (Å²) in [5, 5.41) is 4.63. The molecule has 0 bridgehead atoms. The predicted octanol–water partition coefficient (Wildman–Crippen LogP) is 5.02. The van der Waals surface area contributed by atoms with Crippen LogP contribution in [-0.4, -0.2) is 41.6 Å². The van der Waals surface area contributed by atoms with Gasteiger partial charge in [-0.25, -0.2) is 4.68 Å². The number of aromatic nitrogens is 3. The fourth-order valence-corrected chi connectivity index (χ4v) is 3.37. The van der Waals surface area contributed by atoms with Gasteiger partial charge in [-0.2, -0.15) is 4.98 Å². The van der Waals surface area contributed by atoms with Crippen LogP contribution in [0.4, 0.5) is 0 Å². The van der Waals surface area contributed by atoms with Gasteiger partial charge < -0.3 is 19.9 Å². The van der Waals surface area contributed by atoms with Gasteiger partial charge in [0.05, 0.1) is 19.4 Å². The van der Waals surface area contributed by atoms with Crippen molar-refractivity contribution in [3.63, 3.8) is 0 Å². The van der Waals surface area contributed by atoms with E-state index in [1.54, 1.807) is 11.8 Å². The minimum Gasteiger partial charge on any atom is -0.497 e. The lowest BCUT2D eigenvalue weighted by Gasteiger charge is -2.08. The number of nitrogens with two attached hydrogens (primary N) is 1. The van der Waals surface area contributed by atoms with Crippen LogP contribution in [0, 0.1) is 0 Å². The molecule has 0 saturated heterocycles. The molecule has 0 amide bonds. The molecular weight excluding hydrogens is 404 g/mol. The maximum absolute atomic E-state index is 5.89. The number of hydrogen-bond acceptors (Lipinski definition) is 6. The summed E-state index contributed by atoms with van der Waals surface area (Å²) in [5.41, 5.74) is 7.32. The Morgan fingerprint density at radius 1 is 0.812 bits per heavy atom. The van der Waals surface area contributed by atoms with Crippen LogP contribution < -0.4 is 19.9 Å². The van der Waals surface area contributed by atoms with E-state index in [9.17, 15) is 0 Å². The Morgan fingerprint density at radius 3 is 2.19 bits per heavy atom. The topological polar surface area (TPSA) is 84.4 Å². The molecule has 7 heteroatoms. The third-order valence-corrected chi connectivity index (χ3v) is 5.13. The number of methoxy groups -OCH3 is 1. The predicted molar refractivity (Wildman–Crippen MR) is 127 cm³/mol. The van der Waals surface area contributed by atoms with Crippen LogP contribution in [0.15, 0.2) is 48.5 Å². The first-order chi connectivity index (χ1) is 15.7. The maximum atomic E-state index is 5.89. The number of ether oxygens (including phenoxy) is 3. The van der Waals surface area contributed by atoms with Gasteiger partial charge in [0.1, 0.15) is 18.1 Å². The highest BCUT2D eigenvalue weighted by molar-refractivity contribution is 5.59. The van der Waals surface area contributed by atoms with Crippen molar-refractivity contribution in [2.75, 3.05) is 26.9 Å². The summed E-state index contributed by atoms with van der Waals surface area (Å²) in [6, 6.07) is 15.8. The van der Waals surface area contributed by atoms with Crippen LogP contribution in [0.3, 0.4) is 0 Å². The van der Waals surface area contributed by atoms with Crippen molar-refractivity contribution in [3.05, 3.63) is 48.5 Å². The molecular formula is C25H34N4O3. The third-order valence-electron chi connectivity index (χ3n) is 5.13. The van der Waals surface area contributed by atoms with Gasteiger partial charge in [-0.1, -0.05) is 39.0 Å². The molecule has 1 heterocycles. The molecule has 0 spiro atoms. The van der Waals surface area contributed by atoms with E-state index in [1.165, 1.54) is 25.7 Å². The Bertz CT molecular complexity index is 923. The Labute approximate surface area is 190 Å². The molecule has 2 N–H and O–H groups in total. The average Bonchev–Trinajstić information content (AvgIpc) is 3.26. The van der Waals surface area contributed by atoms with Crippen molar-refractivity contribution in [3.8, 4) is 34.6 Å². The lowest BCUT2D eigenvalue weighted by molar-refractivity contribution is 0.281. The number of benzene rings is 2. The second-order valence-corrected chi connectivity index (χ2v) is 7.61. The Kier molecular flexibility index (Phi) is 9.37. The van der Waals surface area contributed by atoms with E-state index in [1.807, 2.05) is 48.5 Å². The van der Waals surface area contributed by atoms with Crippen LogP contribution >= 0.6 is 0 Å². The van der Waals surface area contributed by atoms with Crippen LogP contribution in [0.2, 0.25) is 0 Å². The van der Waals surface area contributed by atoms with Crippen molar-refractivity contribution >= 4 is 0 Å². The van der Waals surface area contributed by atoms with Gasteiger partial charge in [-0.05, 0) is 55.0 Å². The maximum Gasteiger partial charge on any atom is 0.336 e. The first kappa shape index (κ1) is 23.6. The zero-order valence-electron chi connectivity index (χ0n) is 19.1. The van der Waals surface area contributed by atoms with E-state index in [0.717, 1.165) is 35.6 Å². The molecule has 3 rings (SSSR count). The lowest BCUT2D eigenvalue weighted by atomic mass is 10.1. The molecule has 0 aliphatic rings. The molecule has 0 fully saturated rings. The van der Waals surface area contributed by atoms with Crippen LogP contribution in [0.25, 0.3) is 17.1 Å². The quantitative estimate of drug-likeness (QED) is 0.356. The molecule has 1 aromatic heterocycles. The first-order valence-corrected chi connectivity index (χ1v) is 11.4. The molecule has 0 aliphatic heterocycles. The minimum atomic E-state index is 0.382. The summed E-state index contributed by atoms with van der Waals surface area (Å²) in [7, 11) is 1.65. The van der Waals surface area contributed by atoms with E-state index in [4.69, 9.17) is 19.9 Å². The van der Waals surface area contributed by atoms with Crippen LogP contribution in [0.5, 0.6) is 17.5 Å². The molecule has 0 radical (unpaired) electrons. The van der Waals surface area contributed by atoms with E-state index >= 15 is 0 Å². The number of unbranched alkanes of at least 4 members (excludes halogenated alkanes) is 5. The SMILES string of the molecule is CCCCCCCCOc1nc(-c2ccc(OCCN)cc2)n(-c2ccc(OC)cc2)n1. The van der Waals surface area contributed by atoms with Gasteiger partial charge in [0.15, 0.2) is 5.82 Å². The summed E-state index contributed by atoms with van der Waals surface area (Å²) < 4.78 is 18.6. The standard InChI is InChI=1S/C25H34N4O3/c1-3-4-5-6-7-8-18-32-25-27-24(20-9-13-23(14-10-20)31-19-17-26)29(28-25)21-11-15-22(30-2)16-12-21/h9-16H,3-8,17-19,26H2,1-2H3. The smallest absolute Gasteiger partial charge is 0.336 e. The van der Waals surface area contributed by atoms with Gasteiger partial charge in [-0.15, -0.1) is 5.10 Å². The fraction of sp³-hybridized carbons (Fsp3) is 0.440. The minimum absolute atomic E-state index is 0.382. The number of rotatable bonds is 14. The van der Waals surface area contributed by atoms with Crippen molar-refractivity contribution in [1.29, 1.82) is 0 Å². The van der Waals surface area contributed by atoms with Gasteiger partial charge in [0.25, 0.3) is 0 Å². The largest absolute Gasteiger partial charge is 0.497 e. The molecule has 0 unspecified atom stereocenters. The Hall–Kier alpha value is -3.06. The summed E-state index contributed by atoms with van der Waals surface area (Å²) in [6.45, 7) is 3.81. The molecule has 3 aromatic rings. The molecule has 0 atom stereocenters. The van der Waals surface area contributed by atoms with Crippen LogP contribution in [0.1, 0.15) is 45.4 Å². The molecule has 32 heavy (non-hydrogen) atoms. The van der Waals surface area contributed by atoms with Crippen molar-refractivity contribution in [2.24, 2.45) is 5.73 Å². The molecule has 2 aromatic carbocycles. The third kappa shape index (κ3) is 6.72. The van der Waals surface area contributed by atoms with Crippen molar-refractivity contribution in [2.45, 2.75) is 45.4 Å². The van der Waals surface area contributed by atoms with Gasteiger partial charge in [-0.3, -0.25) is 0 Å². The van der Waals surface area contributed by atoms with E-state index in [-0.39, 0.29) is 0 Å². The van der Waals surface area contributed by atoms with Crippen molar-refractivity contribution < 1.29 is 14.2 Å². The van der Waals surface area contributed by atoms with Crippen LogP contribution in [-0.2, 0) is 0 Å². The second kappa shape index (κ2) is 12.7. The molecule has 0 saturated carbocycles. The van der Waals surface area contributed by atoms with Gasteiger partial charge in [0.2, 0.25) is 0 Å². The highest BCUT2D eigenvalue weighted by Crippen LogP contribution is 2.26. The normalized spacial score (nSPS) is 10.8. The average molecular weight is 439 g/mol. The van der Waals surface area contributed by atoms with E-state index < -0.39 is 0 Å². The van der Waals surface area contributed by atoms with Crippen molar-refractivity contribution in [1.82, 2.24) is 14.8 Å². The number of hydrogen-bond donors (Lipinski definition) is 1. The van der Waals surface area contributed by atoms with Gasteiger partial charge in [0, 0.05) is 12.1 Å². The Balaban J connectivity index is 1.75. The van der Waals surface area contributed by atoms with Gasteiger partial charge >= 0.3 is 6.01 Å². The molecule has 7 nitrogen and oxygen atoms in total. The Morgan fingerprint density at radius 2 is 1.50 bits per heavy atom. The fourth-order valence-electron chi connectivity index (χ4n) is 3.37. The second-order valence-electron chi connectivity index (χ2n) is 7.61. The van der Waals surface area contributed by atoms with E-state index in [2.05, 4.69) is 17.0 Å². The number of nitrogens with zero attached hydrogens (tertiary/aromatic N) is 3. The lowest BCUT2D eigenvalue weighted by Crippen LogP contribution is -2.10. The molecule has 172 valence electrons. The summed E-state index contributed by atoms with van der Waals surface area (Å²) >= 11 is 0.